The third-order valence-corrected chi connectivity index (χ3v) is 4.05. The third kappa shape index (κ3) is 4.58. The first-order chi connectivity index (χ1) is 7.24. The molecule has 1 fully saturated rings. The van der Waals surface area contributed by atoms with E-state index in [2.05, 4.69) is 4.99 Å². The molecule has 1 unspecified atom stereocenters. The van der Waals surface area contributed by atoms with Gasteiger partial charge in [-0.3, -0.25) is 9.79 Å². The summed E-state index contributed by atoms with van der Waals surface area (Å²) < 4.78 is 0. The van der Waals surface area contributed by atoms with Crippen LogP contribution >= 0.6 is 23.5 Å². The van der Waals surface area contributed by atoms with Gasteiger partial charge >= 0.3 is 0 Å². The molecular weight excluding hydrogens is 230 g/mol. The highest BCUT2D eigenvalue weighted by Crippen LogP contribution is 2.15. The molecule has 0 bridgehead atoms. The van der Waals surface area contributed by atoms with Crippen molar-refractivity contribution in [1.82, 2.24) is 0 Å². The van der Waals surface area contributed by atoms with Crippen molar-refractivity contribution in [3.63, 3.8) is 0 Å². The molecule has 0 aromatic carbocycles. The molecule has 1 heterocycles. The van der Waals surface area contributed by atoms with Crippen LogP contribution in [0.15, 0.2) is 4.99 Å². The quantitative estimate of drug-likeness (QED) is 0.773. The van der Waals surface area contributed by atoms with E-state index in [4.69, 9.17) is 11.0 Å². The molecule has 0 aliphatic carbocycles. The van der Waals surface area contributed by atoms with Crippen LogP contribution in [0.2, 0.25) is 0 Å². The molecule has 6 heteroatoms. The molecule has 0 aromatic rings. The lowest BCUT2D eigenvalue weighted by atomic mass is 10.3. The molecule has 1 amide bonds. The Bertz CT molecular complexity index is 288. The van der Waals surface area contributed by atoms with E-state index in [9.17, 15) is 4.79 Å². The van der Waals surface area contributed by atoms with Gasteiger partial charge in [0.15, 0.2) is 0 Å². The van der Waals surface area contributed by atoms with Crippen molar-refractivity contribution in [1.29, 1.82) is 5.26 Å². The van der Waals surface area contributed by atoms with Crippen LogP contribution in [0.1, 0.15) is 6.42 Å². The molecule has 1 aliphatic heterocycles. The summed E-state index contributed by atoms with van der Waals surface area (Å²) in [6.07, 6.45) is 1.21. The van der Waals surface area contributed by atoms with Gasteiger partial charge in [0.1, 0.15) is 0 Å². The molecule has 1 saturated heterocycles. The van der Waals surface area contributed by atoms with Gasteiger partial charge in [-0.15, -0.1) is 0 Å². The van der Waals surface area contributed by atoms with Crippen LogP contribution in [0.4, 0.5) is 0 Å². The van der Waals surface area contributed by atoms with Crippen LogP contribution < -0.4 is 5.73 Å². The first-order valence-electron chi connectivity index (χ1n) is 4.64. The average molecular weight is 243 g/mol. The number of primary amides is 1. The second kappa shape index (κ2) is 6.75. The van der Waals surface area contributed by atoms with Gasteiger partial charge in [0.25, 0.3) is 5.91 Å². The van der Waals surface area contributed by atoms with E-state index in [0.29, 0.717) is 0 Å². The molecule has 82 valence electrons. The number of hydrogen-bond acceptors (Lipinski definition) is 5. The van der Waals surface area contributed by atoms with Crippen molar-refractivity contribution in [2.45, 2.75) is 12.5 Å². The van der Waals surface area contributed by atoms with Gasteiger partial charge in [-0.2, -0.15) is 28.8 Å². The highest BCUT2D eigenvalue weighted by molar-refractivity contribution is 8.02. The van der Waals surface area contributed by atoms with E-state index in [0.717, 1.165) is 28.7 Å². The van der Waals surface area contributed by atoms with Gasteiger partial charge in [-0.05, 0) is 17.9 Å². The van der Waals surface area contributed by atoms with Crippen molar-refractivity contribution < 1.29 is 4.79 Å². The Hall–Kier alpha value is -0.670. The van der Waals surface area contributed by atoms with Crippen LogP contribution in [-0.4, -0.2) is 40.7 Å². The standard InChI is InChI=1S/C9H13N3OS2/c10-4-8(9(11)13)12-7-5-14-2-1-3-15-6-7/h8H,1-3,5-6H2,(H2,11,13). The first-order valence-corrected chi connectivity index (χ1v) is 6.95. The van der Waals surface area contributed by atoms with E-state index in [1.165, 1.54) is 6.42 Å². The average Bonchev–Trinajstić information content (AvgIpc) is 2.15. The maximum Gasteiger partial charge on any atom is 0.256 e. The molecule has 1 rings (SSSR count). The molecule has 1 atom stereocenters. The number of nitrogens with two attached hydrogens (primary N) is 1. The summed E-state index contributed by atoms with van der Waals surface area (Å²) >= 11 is 3.59. The number of carbonyl (C=O) groups excluding carboxylic acids is 1. The topological polar surface area (TPSA) is 79.2 Å². The fourth-order valence-corrected chi connectivity index (χ4v) is 3.22. The third-order valence-electron chi connectivity index (χ3n) is 1.82. The zero-order chi connectivity index (χ0) is 11.1. The van der Waals surface area contributed by atoms with E-state index in [-0.39, 0.29) is 0 Å². The number of nitrogens with zero attached hydrogens (tertiary/aromatic N) is 2. The highest BCUT2D eigenvalue weighted by Gasteiger charge is 2.14. The largest absolute Gasteiger partial charge is 0.367 e. The maximum atomic E-state index is 10.8. The monoisotopic (exact) mass is 243 g/mol. The van der Waals surface area contributed by atoms with Gasteiger partial charge in [0.05, 0.1) is 6.07 Å². The molecule has 0 aromatic heterocycles. The van der Waals surface area contributed by atoms with Crippen molar-refractivity contribution in [2.24, 2.45) is 10.7 Å². The molecule has 0 radical (unpaired) electrons. The maximum absolute atomic E-state index is 10.8. The fourth-order valence-electron chi connectivity index (χ4n) is 1.10. The van der Waals surface area contributed by atoms with E-state index >= 15 is 0 Å². The van der Waals surface area contributed by atoms with E-state index in [1.54, 1.807) is 29.6 Å². The number of rotatable bonds is 2. The summed E-state index contributed by atoms with van der Waals surface area (Å²) in [6.45, 7) is 0. The van der Waals surface area contributed by atoms with Crippen LogP contribution in [0, 0.1) is 11.3 Å². The second-order valence-electron chi connectivity index (χ2n) is 3.09. The summed E-state index contributed by atoms with van der Waals surface area (Å²) in [4.78, 5) is 14.9. The molecule has 0 saturated carbocycles. The van der Waals surface area contributed by atoms with Crippen LogP contribution in [0.3, 0.4) is 0 Å². The number of amides is 1. The van der Waals surface area contributed by atoms with Crippen molar-refractivity contribution in [3.05, 3.63) is 0 Å². The summed E-state index contributed by atoms with van der Waals surface area (Å²) in [5, 5.41) is 8.68. The predicted octanol–water partition coefficient (Wildman–Crippen LogP) is 0.675. The van der Waals surface area contributed by atoms with E-state index < -0.39 is 11.9 Å². The molecule has 4 nitrogen and oxygen atoms in total. The highest BCUT2D eigenvalue weighted by atomic mass is 32.2. The number of carbonyl (C=O) groups is 1. The van der Waals surface area contributed by atoms with Gasteiger partial charge in [0.2, 0.25) is 6.04 Å². The van der Waals surface area contributed by atoms with Crippen molar-refractivity contribution in [3.8, 4) is 6.07 Å². The summed E-state index contributed by atoms with van der Waals surface area (Å²) in [7, 11) is 0. The minimum Gasteiger partial charge on any atom is -0.367 e. The lowest BCUT2D eigenvalue weighted by Crippen LogP contribution is -2.27. The van der Waals surface area contributed by atoms with Gasteiger partial charge in [-0.1, -0.05) is 0 Å². The number of aliphatic imine (C=N–C) groups is 1. The number of nitriles is 1. The first kappa shape index (κ1) is 12.4. The Kier molecular flexibility index (Phi) is 5.58. The Morgan fingerprint density at radius 3 is 2.53 bits per heavy atom. The van der Waals surface area contributed by atoms with Crippen molar-refractivity contribution >= 4 is 35.1 Å². The normalized spacial score (nSPS) is 19.5. The van der Waals surface area contributed by atoms with E-state index in [1.807, 2.05) is 0 Å². The minimum atomic E-state index is -1.01. The lowest BCUT2D eigenvalue weighted by molar-refractivity contribution is -0.118. The van der Waals surface area contributed by atoms with Crippen LogP contribution in [-0.2, 0) is 4.79 Å². The minimum absolute atomic E-state index is 0.665. The Balaban J connectivity index is 2.61. The molecule has 0 spiro atoms. The lowest BCUT2D eigenvalue weighted by Gasteiger charge is -2.11. The molecular formula is C9H13N3OS2. The number of thioether (sulfide) groups is 2. The fraction of sp³-hybridized carbons (Fsp3) is 0.667. The predicted molar refractivity (Wildman–Crippen MR) is 65.3 cm³/mol. The zero-order valence-corrected chi connectivity index (χ0v) is 9.94. The molecule has 15 heavy (non-hydrogen) atoms. The van der Waals surface area contributed by atoms with Crippen LogP contribution in [0.5, 0.6) is 0 Å². The molecule has 2 N–H and O–H groups in total. The Morgan fingerprint density at radius 1 is 1.47 bits per heavy atom. The van der Waals surface area contributed by atoms with Gasteiger partial charge < -0.3 is 5.73 Å². The smallest absolute Gasteiger partial charge is 0.256 e. The molecule has 1 aliphatic rings. The van der Waals surface area contributed by atoms with Gasteiger partial charge in [-0.25, -0.2) is 0 Å². The summed E-state index contributed by atoms with van der Waals surface area (Å²) in [5.41, 5.74) is 5.96. The SMILES string of the molecule is N#CC(N=C1CSCCCSC1)C(N)=O. The summed E-state index contributed by atoms with van der Waals surface area (Å²) in [5.74, 6) is 3.17. The second-order valence-corrected chi connectivity index (χ2v) is 5.30. The summed E-state index contributed by atoms with van der Waals surface area (Å²) in [6, 6.07) is 0.791. The Morgan fingerprint density at radius 2 is 2.07 bits per heavy atom. The number of hydrogen-bond donors (Lipinski definition) is 1. The Labute approximate surface area is 97.7 Å². The van der Waals surface area contributed by atoms with Crippen molar-refractivity contribution in [2.75, 3.05) is 23.0 Å². The van der Waals surface area contributed by atoms with Gasteiger partial charge in [0, 0.05) is 17.2 Å². The van der Waals surface area contributed by atoms with Crippen LogP contribution in [0.25, 0.3) is 0 Å². The zero-order valence-electron chi connectivity index (χ0n) is 8.31.